The average molecular weight is 310 g/mol. The van der Waals surface area contributed by atoms with Gasteiger partial charge in [-0.1, -0.05) is 12.1 Å². The van der Waals surface area contributed by atoms with Crippen molar-refractivity contribution in [2.24, 2.45) is 5.73 Å². The van der Waals surface area contributed by atoms with Gasteiger partial charge in [0.15, 0.2) is 5.13 Å². The average Bonchev–Trinajstić information content (AvgIpc) is 2.83. The van der Waals surface area contributed by atoms with Gasteiger partial charge in [-0.15, -0.1) is 11.3 Å². The fourth-order valence-corrected chi connectivity index (χ4v) is 2.36. The highest BCUT2D eigenvalue weighted by atomic mass is 32.1. The normalized spacial score (nSPS) is 12.0. The highest BCUT2D eigenvalue weighted by Crippen LogP contribution is 2.16. The van der Waals surface area contributed by atoms with Gasteiger partial charge in [-0.2, -0.15) is 0 Å². The van der Waals surface area contributed by atoms with Crippen LogP contribution in [0.25, 0.3) is 0 Å². The zero-order valence-corrected chi connectivity index (χ0v) is 11.9. The molecule has 2 aromatic rings. The molecule has 1 aromatic heterocycles. The van der Waals surface area contributed by atoms with E-state index in [1.807, 2.05) is 0 Å². The molecule has 1 atom stereocenters. The van der Waals surface area contributed by atoms with Crippen molar-refractivity contribution >= 4 is 22.5 Å². The van der Waals surface area contributed by atoms with Crippen molar-refractivity contribution < 1.29 is 14.3 Å². The Balaban J connectivity index is 1.83. The second-order valence-corrected chi connectivity index (χ2v) is 5.21. The Labute approximate surface area is 124 Å². The molecule has 0 spiro atoms. The second-order valence-electron chi connectivity index (χ2n) is 4.35. The van der Waals surface area contributed by atoms with Crippen LogP contribution in [0.15, 0.2) is 29.6 Å². The smallest absolute Gasteiger partial charge is 0.321 e. The molecule has 1 unspecified atom stereocenters. The molecule has 6 nitrogen and oxygen atoms in total. The maximum atomic E-state index is 13.0. The van der Waals surface area contributed by atoms with Gasteiger partial charge in [-0.05, 0) is 17.7 Å². The first kappa shape index (κ1) is 15.4. The van der Waals surface area contributed by atoms with Gasteiger partial charge in [0.2, 0.25) is 0 Å². The number of hydrogen-bond donors (Lipinski definition) is 4. The third-order valence-electron chi connectivity index (χ3n) is 2.53. The number of aliphatic hydroxyl groups excluding tert-OH is 1. The molecule has 0 saturated carbocycles. The minimum atomic E-state index is -0.971. The highest BCUT2D eigenvalue weighted by Gasteiger charge is 2.08. The topological polar surface area (TPSA) is 100 Å². The maximum Gasteiger partial charge on any atom is 0.321 e. The van der Waals surface area contributed by atoms with E-state index in [9.17, 15) is 9.18 Å². The highest BCUT2D eigenvalue weighted by molar-refractivity contribution is 7.13. The van der Waals surface area contributed by atoms with Crippen LogP contribution in [0.3, 0.4) is 0 Å². The Hall–Kier alpha value is -2.03. The molecule has 0 aliphatic carbocycles. The molecule has 8 heteroatoms. The van der Waals surface area contributed by atoms with Crippen LogP contribution in [0.2, 0.25) is 0 Å². The van der Waals surface area contributed by atoms with Gasteiger partial charge < -0.3 is 16.2 Å². The van der Waals surface area contributed by atoms with Gasteiger partial charge in [-0.25, -0.2) is 14.2 Å². The molecule has 2 rings (SSSR count). The monoisotopic (exact) mass is 310 g/mol. The summed E-state index contributed by atoms with van der Waals surface area (Å²) in [6.45, 7) is 0.212. The Kier molecular flexibility index (Phi) is 5.20. The summed E-state index contributed by atoms with van der Waals surface area (Å²) < 4.78 is 13.0. The van der Waals surface area contributed by atoms with Gasteiger partial charge >= 0.3 is 6.03 Å². The van der Waals surface area contributed by atoms with E-state index >= 15 is 0 Å². The number of halogens is 1. The third-order valence-corrected chi connectivity index (χ3v) is 3.34. The van der Waals surface area contributed by atoms with Gasteiger partial charge in [0.1, 0.15) is 12.0 Å². The molecule has 0 aliphatic heterocycles. The van der Waals surface area contributed by atoms with Crippen molar-refractivity contribution in [1.82, 2.24) is 10.3 Å². The predicted octanol–water partition coefficient (Wildman–Crippen LogP) is 1.42. The SMILES string of the molecule is NC(O)Cc1csc(NC(=O)NCc2cccc(F)c2)n1. The number of carbonyl (C=O) groups is 1. The molecule has 0 radical (unpaired) electrons. The molecule has 112 valence electrons. The molecular weight excluding hydrogens is 295 g/mol. The fourth-order valence-electron chi connectivity index (χ4n) is 1.64. The molecule has 5 N–H and O–H groups in total. The number of rotatable bonds is 5. The summed E-state index contributed by atoms with van der Waals surface area (Å²) in [4.78, 5) is 15.8. The number of thiazole rings is 1. The lowest BCUT2D eigenvalue weighted by Gasteiger charge is -2.05. The number of aromatic nitrogens is 1. The van der Waals surface area contributed by atoms with Crippen LogP contribution in [0.5, 0.6) is 0 Å². The van der Waals surface area contributed by atoms with E-state index in [-0.39, 0.29) is 18.8 Å². The van der Waals surface area contributed by atoms with E-state index in [2.05, 4.69) is 15.6 Å². The first-order valence-corrected chi connectivity index (χ1v) is 7.08. The number of nitrogens with two attached hydrogens (primary N) is 1. The Morgan fingerprint density at radius 2 is 2.33 bits per heavy atom. The van der Waals surface area contributed by atoms with Crippen LogP contribution < -0.4 is 16.4 Å². The van der Waals surface area contributed by atoms with Gasteiger partial charge in [-0.3, -0.25) is 5.32 Å². The van der Waals surface area contributed by atoms with Crippen molar-refractivity contribution in [3.8, 4) is 0 Å². The zero-order chi connectivity index (χ0) is 15.2. The van der Waals surface area contributed by atoms with E-state index in [1.54, 1.807) is 17.5 Å². The molecule has 1 aromatic carbocycles. The Morgan fingerprint density at radius 3 is 3.05 bits per heavy atom. The quantitative estimate of drug-likeness (QED) is 0.628. The Bertz CT molecular complexity index is 618. The summed E-state index contributed by atoms with van der Waals surface area (Å²) in [5.74, 6) is -0.348. The van der Waals surface area contributed by atoms with Gasteiger partial charge in [0.05, 0.1) is 5.69 Å². The minimum absolute atomic E-state index is 0.212. The van der Waals surface area contributed by atoms with Gasteiger partial charge in [0.25, 0.3) is 0 Å². The first-order chi connectivity index (χ1) is 10.0. The lowest BCUT2D eigenvalue weighted by Crippen LogP contribution is -2.28. The van der Waals surface area contributed by atoms with Crippen molar-refractivity contribution in [3.05, 3.63) is 46.7 Å². The number of urea groups is 1. The van der Waals surface area contributed by atoms with E-state index in [0.29, 0.717) is 16.4 Å². The molecule has 2 amide bonds. The minimum Gasteiger partial charge on any atom is -0.378 e. The fraction of sp³-hybridized carbons (Fsp3) is 0.231. The molecule has 0 bridgehead atoms. The van der Waals surface area contributed by atoms with Gasteiger partial charge in [0, 0.05) is 18.3 Å². The van der Waals surface area contributed by atoms with Crippen molar-refractivity contribution in [2.45, 2.75) is 19.2 Å². The molecule has 0 fully saturated rings. The number of hydrogen-bond acceptors (Lipinski definition) is 5. The van der Waals surface area contributed by atoms with E-state index in [0.717, 1.165) is 0 Å². The predicted molar refractivity (Wildman–Crippen MR) is 78.3 cm³/mol. The Morgan fingerprint density at radius 1 is 1.52 bits per heavy atom. The van der Waals surface area contributed by atoms with Crippen molar-refractivity contribution in [1.29, 1.82) is 0 Å². The summed E-state index contributed by atoms with van der Waals surface area (Å²) >= 11 is 1.23. The summed E-state index contributed by atoms with van der Waals surface area (Å²) in [7, 11) is 0. The van der Waals surface area contributed by atoms with Crippen LogP contribution in [0, 0.1) is 5.82 Å². The van der Waals surface area contributed by atoms with Crippen LogP contribution in [-0.4, -0.2) is 22.3 Å². The third kappa shape index (κ3) is 5.10. The summed E-state index contributed by atoms with van der Waals surface area (Å²) in [6.07, 6.45) is -0.745. The zero-order valence-electron chi connectivity index (χ0n) is 11.0. The molecule has 21 heavy (non-hydrogen) atoms. The molecular formula is C13H15FN4O2S. The number of nitrogens with one attached hydrogen (secondary N) is 2. The van der Waals surface area contributed by atoms with Crippen LogP contribution in [0.1, 0.15) is 11.3 Å². The van der Waals surface area contributed by atoms with Crippen molar-refractivity contribution in [2.75, 3.05) is 5.32 Å². The van der Waals surface area contributed by atoms with Crippen LogP contribution >= 0.6 is 11.3 Å². The van der Waals surface area contributed by atoms with Crippen LogP contribution in [0.4, 0.5) is 14.3 Å². The maximum absolute atomic E-state index is 13.0. The lowest BCUT2D eigenvalue weighted by molar-refractivity contribution is 0.182. The summed E-state index contributed by atoms with van der Waals surface area (Å²) in [6, 6.07) is 5.55. The number of benzene rings is 1. The number of aliphatic hydroxyl groups is 1. The number of anilines is 1. The summed E-state index contributed by atoms with van der Waals surface area (Å²) in [5, 5.41) is 16.3. The standard InChI is InChI=1S/C13H15FN4O2S/c14-9-3-1-2-8(4-9)6-16-12(20)18-13-17-10(7-21-13)5-11(15)19/h1-4,7,11,19H,5-6,15H2,(H2,16,17,18,20). The largest absolute Gasteiger partial charge is 0.378 e. The first-order valence-electron chi connectivity index (χ1n) is 6.20. The second kappa shape index (κ2) is 7.11. The van der Waals surface area contributed by atoms with E-state index in [1.165, 1.54) is 23.5 Å². The number of carbonyl (C=O) groups excluding carboxylic acids is 1. The number of nitrogens with zero attached hydrogens (tertiary/aromatic N) is 1. The number of amides is 2. The van der Waals surface area contributed by atoms with E-state index < -0.39 is 12.3 Å². The van der Waals surface area contributed by atoms with Crippen LogP contribution in [-0.2, 0) is 13.0 Å². The summed E-state index contributed by atoms with van der Waals surface area (Å²) in [5.41, 5.74) is 6.52. The molecule has 0 aliphatic rings. The van der Waals surface area contributed by atoms with Crippen molar-refractivity contribution in [3.63, 3.8) is 0 Å². The van der Waals surface area contributed by atoms with E-state index in [4.69, 9.17) is 10.8 Å². The molecule has 1 heterocycles. The molecule has 0 saturated heterocycles. The lowest BCUT2D eigenvalue weighted by atomic mass is 10.2.